The molecule has 0 fully saturated rings. The number of hydrogen-bond donors (Lipinski definition) is 1. The Hall–Kier alpha value is -3.07. The quantitative estimate of drug-likeness (QED) is 0.176. The summed E-state index contributed by atoms with van der Waals surface area (Å²) >= 11 is 0. The second-order valence-corrected chi connectivity index (χ2v) is 6.62. The van der Waals surface area contributed by atoms with Crippen molar-refractivity contribution in [3.8, 4) is 22.4 Å². The Bertz CT molecular complexity index is 1060. The number of aromatic nitrogens is 1. The van der Waals surface area contributed by atoms with Crippen molar-refractivity contribution in [2.75, 3.05) is 0 Å². The summed E-state index contributed by atoms with van der Waals surface area (Å²) < 4.78 is 0. The SMILES string of the molecule is CC(=O)/C=C(/C)O.[Ir].[c-]1ccccc1-c1nc2ccccc2cc1-c1ccccc1. The zero-order valence-electron chi connectivity index (χ0n) is 16.8. The maximum Gasteiger partial charge on any atom is 0.155 e. The third-order valence-electron chi connectivity index (χ3n) is 4.19. The molecule has 0 saturated heterocycles. The Morgan fingerprint density at radius 3 is 2.20 bits per heavy atom. The monoisotopic (exact) mass is 573 g/mol. The summed E-state index contributed by atoms with van der Waals surface area (Å²) in [6, 6.07) is 32.1. The van der Waals surface area contributed by atoms with E-state index in [1.807, 2.05) is 36.4 Å². The Morgan fingerprint density at radius 1 is 0.933 bits per heavy atom. The minimum atomic E-state index is -0.125. The van der Waals surface area contributed by atoms with Gasteiger partial charge in [-0.25, -0.2) is 0 Å². The van der Waals surface area contributed by atoms with Crippen LogP contribution in [-0.2, 0) is 24.9 Å². The fraction of sp³-hybridized carbons (Fsp3) is 0.0769. The molecule has 4 rings (SSSR count). The van der Waals surface area contributed by atoms with Crippen molar-refractivity contribution in [1.82, 2.24) is 4.98 Å². The summed E-state index contributed by atoms with van der Waals surface area (Å²) in [6.45, 7) is 2.85. The number of rotatable bonds is 3. The summed E-state index contributed by atoms with van der Waals surface area (Å²) in [5.41, 5.74) is 5.32. The molecule has 153 valence electrons. The molecule has 1 radical (unpaired) electrons. The molecule has 3 aromatic carbocycles. The number of hydrogen-bond acceptors (Lipinski definition) is 3. The normalized spacial score (nSPS) is 10.5. The molecule has 0 amide bonds. The minimum Gasteiger partial charge on any atom is -0.512 e. The van der Waals surface area contributed by atoms with Gasteiger partial charge in [0.2, 0.25) is 0 Å². The topological polar surface area (TPSA) is 50.2 Å². The zero-order chi connectivity index (χ0) is 20.6. The molecule has 1 N–H and O–H groups in total. The van der Waals surface area contributed by atoms with E-state index in [4.69, 9.17) is 10.1 Å². The van der Waals surface area contributed by atoms with Gasteiger partial charge in [-0.15, -0.1) is 35.9 Å². The number of fused-ring (bicyclic) bond motifs is 1. The summed E-state index contributed by atoms with van der Waals surface area (Å²) in [5.74, 6) is -0.0625. The van der Waals surface area contributed by atoms with Crippen LogP contribution in [0.15, 0.2) is 96.8 Å². The second-order valence-electron chi connectivity index (χ2n) is 6.62. The summed E-state index contributed by atoms with van der Waals surface area (Å²) in [5, 5.41) is 9.52. The molecule has 3 nitrogen and oxygen atoms in total. The third-order valence-corrected chi connectivity index (χ3v) is 4.19. The molecule has 0 aliphatic rings. The van der Waals surface area contributed by atoms with Gasteiger partial charge in [0, 0.05) is 26.2 Å². The molecule has 0 saturated carbocycles. The van der Waals surface area contributed by atoms with Crippen LogP contribution in [0.25, 0.3) is 33.3 Å². The maximum atomic E-state index is 10.0. The fourth-order valence-electron chi connectivity index (χ4n) is 2.99. The number of allylic oxidation sites excluding steroid dienone is 2. The molecule has 0 unspecified atom stereocenters. The van der Waals surface area contributed by atoms with Gasteiger partial charge in [0.25, 0.3) is 0 Å². The van der Waals surface area contributed by atoms with Crippen molar-refractivity contribution in [1.29, 1.82) is 0 Å². The first-order chi connectivity index (χ1) is 14.0. The van der Waals surface area contributed by atoms with Crippen LogP contribution >= 0.6 is 0 Å². The minimum absolute atomic E-state index is 0. The van der Waals surface area contributed by atoms with Crippen LogP contribution in [0.4, 0.5) is 0 Å². The van der Waals surface area contributed by atoms with Crippen molar-refractivity contribution in [2.45, 2.75) is 13.8 Å². The molecule has 0 atom stereocenters. The molecular formula is C26H22IrNO2-. The van der Waals surface area contributed by atoms with E-state index in [1.165, 1.54) is 25.5 Å². The fourth-order valence-corrected chi connectivity index (χ4v) is 2.99. The van der Waals surface area contributed by atoms with Crippen LogP contribution in [0.3, 0.4) is 0 Å². The van der Waals surface area contributed by atoms with E-state index in [0.717, 1.165) is 27.7 Å². The Labute approximate surface area is 190 Å². The van der Waals surface area contributed by atoms with E-state index in [9.17, 15) is 4.79 Å². The van der Waals surface area contributed by atoms with E-state index in [0.29, 0.717) is 0 Å². The Kier molecular flexibility index (Phi) is 8.67. The molecule has 30 heavy (non-hydrogen) atoms. The molecule has 0 spiro atoms. The van der Waals surface area contributed by atoms with Gasteiger partial charge in [-0.05, 0) is 42.1 Å². The van der Waals surface area contributed by atoms with Gasteiger partial charge in [0.15, 0.2) is 5.78 Å². The van der Waals surface area contributed by atoms with Gasteiger partial charge in [-0.2, -0.15) is 0 Å². The maximum absolute atomic E-state index is 10.0. The average molecular weight is 573 g/mol. The largest absolute Gasteiger partial charge is 0.512 e. The predicted molar refractivity (Wildman–Crippen MR) is 119 cm³/mol. The first kappa shape index (κ1) is 23.2. The van der Waals surface area contributed by atoms with Crippen LogP contribution in [0.1, 0.15) is 13.8 Å². The molecule has 0 aliphatic carbocycles. The first-order valence-corrected chi connectivity index (χ1v) is 9.35. The average Bonchev–Trinajstić information content (AvgIpc) is 2.73. The van der Waals surface area contributed by atoms with Crippen LogP contribution in [-0.4, -0.2) is 15.9 Å². The van der Waals surface area contributed by atoms with Crippen molar-refractivity contribution in [2.24, 2.45) is 0 Å². The Morgan fingerprint density at radius 2 is 1.60 bits per heavy atom. The first-order valence-electron chi connectivity index (χ1n) is 9.35. The van der Waals surface area contributed by atoms with Gasteiger partial charge < -0.3 is 5.11 Å². The molecule has 1 heterocycles. The van der Waals surface area contributed by atoms with E-state index in [2.05, 4.69) is 54.6 Å². The van der Waals surface area contributed by atoms with Gasteiger partial charge in [0.05, 0.1) is 11.3 Å². The van der Waals surface area contributed by atoms with Gasteiger partial charge in [-0.1, -0.05) is 54.6 Å². The number of para-hydroxylation sites is 1. The van der Waals surface area contributed by atoms with Crippen LogP contribution in [0.5, 0.6) is 0 Å². The summed E-state index contributed by atoms with van der Waals surface area (Å²) in [4.78, 5) is 14.9. The molecule has 1 aromatic heterocycles. The number of aliphatic hydroxyl groups is 1. The molecule has 4 aromatic rings. The molecule has 0 bridgehead atoms. The van der Waals surface area contributed by atoms with Crippen molar-refractivity contribution >= 4 is 16.7 Å². The summed E-state index contributed by atoms with van der Waals surface area (Å²) in [6.07, 6.45) is 1.17. The summed E-state index contributed by atoms with van der Waals surface area (Å²) in [7, 11) is 0. The number of benzene rings is 3. The number of nitrogens with zero attached hydrogens (tertiary/aromatic N) is 1. The predicted octanol–water partition coefficient (Wildman–Crippen LogP) is 6.40. The zero-order valence-corrected chi connectivity index (χ0v) is 19.2. The molecule has 4 heteroatoms. The number of aliphatic hydroxyl groups excluding tert-OH is 1. The van der Waals surface area contributed by atoms with E-state index < -0.39 is 0 Å². The van der Waals surface area contributed by atoms with Crippen molar-refractivity contribution in [3.63, 3.8) is 0 Å². The number of carbonyl (C=O) groups excluding carboxylic acids is 1. The van der Waals surface area contributed by atoms with Crippen LogP contribution < -0.4 is 0 Å². The number of carbonyl (C=O) groups is 1. The van der Waals surface area contributed by atoms with Crippen molar-refractivity contribution < 1.29 is 30.0 Å². The van der Waals surface area contributed by atoms with Crippen LogP contribution in [0, 0.1) is 6.07 Å². The van der Waals surface area contributed by atoms with E-state index >= 15 is 0 Å². The number of ketones is 1. The van der Waals surface area contributed by atoms with Gasteiger partial charge >= 0.3 is 0 Å². The van der Waals surface area contributed by atoms with Gasteiger partial charge in [0.1, 0.15) is 0 Å². The standard InChI is InChI=1S/C21H14N.C5H8O2.Ir/c1-3-9-16(10-4-1)19-15-18-13-7-8-14-20(18)22-21(19)17-11-5-2-6-12-17;1-4(6)3-5(2)7;/h1-11,13-15H;3,6H,1-2H3;/q-1;;/b;4-3-;. The molecule has 0 aliphatic heterocycles. The Balaban J connectivity index is 0.000000350. The number of pyridine rings is 1. The third kappa shape index (κ3) is 6.21. The van der Waals surface area contributed by atoms with Gasteiger partial charge in [-0.3, -0.25) is 9.78 Å². The molecular weight excluding hydrogens is 551 g/mol. The van der Waals surface area contributed by atoms with Crippen molar-refractivity contribution in [3.05, 3.63) is 103 Å². The second kappa shape index (κ2) is 11.2. The van der Waals surface area contributed by atoms with E-state index in [-0.39, 0.29) is 31.6 Å². The smallest absolute Gasteiger partial charge is 0.155 e. The van der Waals surface area contributed by atoms with Crippen LogP contribution in [0.2, 0.25) is 0 Å². The van der Waals surface area contributed by atoms with E-state index in [1.54, 1.807) is 0 Å².